The molecule has 0 unspecified atom stereocenters. The first kappa shape index (κ1) is 18.1. The van der Waals surface area contributed by atoms with Gasteiger partial charge in [-0.2, -0.15) is 0 Å². The molecule has 0 aromatic heterocycles. The third-order valence-corrected chi connectivity index (χ3v) is 4.91. The minimum Gasteiger partial charge on any atom is -0.484 e. The van der Waals surface area contributed by atoms with E-state index in [-0.39, 0.29) is 12.5 Å². The van der Waals surface area contributed by atoms with Crippen molar-refractivity contribution in [1.29, 1.82) is 0 Å². The highest BCUT2D eigenvalue weighted by atomic mass is 32.2. The number of hydrogen-bond donors (Lipinski definition) is 1. The molecule has 0 aliphatic rings. The van der Waals surface area contributed by atoms with Crippen molar-refractivity contribution in [2.24, 2.45) is 0 Å². The summed E-state index contributed by atoms with van der Waals surface area (Å²) in [5, 5.41) is 2.24. The lowest BCUT2D eigenvalue weighted by molar-refractivity contribution is -0.121. The minimum atomic E-state index is -0.178. The number of amides is 1. The number of carbonyl (C=O) groups excluding carboxylic acids is 1. The van der Waals surface area contributed by atoms with E-state index in [0.29, 0.717) is 5.75 Å². The molecule has 3 nitrogen and oxygen atoms in total. The molecule has 26 heavy (non-hydrogen) atoms. The summed E-state index contributed by atoms with van der Waals surface area (Å²) in [6.07, 6.45) is 2.80. The van der Waals surface area contributed by atoms with Crippen LogP contribution in [0.25, 0.3) is 16.8 Å². The van der Waals surface area contributed by atoms with Gasteiger partial charge in [0.25, 0.3) is 5.91 Å². The fourth-order valence-corrected chi connectivity index (χ4v) is 3.31. The highest BCUT2D eigenvalue weighted by Gasteiger charge is 2.06. The quantitative estimate of drug-likeness (QED) is 0.583. The van der Waals surface area contributed by atoms with Crippen LogP contribution in [0.5, 0.6) is 5.75 Å². The third kappa shape index (κ3) is 4.46. The number of fused-ring (bicyclic) bond motifs is 1. The molecule has 0 aliphatic carbocycles. The van der Waals surface area contributed by atoms with Gasteiger partial charge in [0.05, 0.1) is 0 Å². The molecule has 0 saturated carbocycles. The van der Waals surface area contributed by atoms with Gasteiger partial charge in [-0.05, 0) is 64.5 Å². The molecule has 1 amide bonds. The van der Waals surface area contributed by atoms with Gasteiger partial charge in [0.15, 0.2) is 6.61 Å². The second kappa shape index (κ2) is 8.59. The monoisotopic (exact) mass is 363 g/mol. The van der Waals surface area contributed by atoms with Crippen molar-refractivity contribution in [3.05, 3.63) is 78.4 Å². The largest absolute Gasteiger partial charge is 0.484 e. The van der Waals surface area contributed by atoms with E-state index in [9.17, 15) is 4.79 Å². The van der Waals surface area contributed by atoms with Crippen LogP contribution in [0, 0.1) is 0 Å². The van der Waals surface area contributed by atoms with Crippen LogP contribution in [0.15, 0.2) is 72.1 Å². The number of rotatable bonds is 7. The Morgan fingerprint density at radius 1 is 1.12 bits per heavy atom. The van der Waals surface area contributed by atoms with Crippen molar-refractivity contribution in [2.75, 3.05) is 6.61 Å². The van der Waals surface area contributed by atoms with Crippen LogP contribution in [0.1, 0.15) is 18.1 Å². The molecule has 3 aromatic rings. The van der Waals surface area contributed by atoms with E-state index in [1.54, 1.807) is 0 Å². The Bertz CT molecular complexity index is 936. The van der Waals surface area contributed by atoms with Gasteiger partial charge in [0.2, 0.25) is 0 Å². The van der Waals surface area contributed by atoms with E-state index in [0.717, 1.165) is 27.7 Å². The molecule has 0 radical (unpaired) electrons. The van der Waals surface area contributed by atoms with Crippen molar-refractivity contribution in [3.8, 4) is 5.75 Å². The smallest absolute Gasteiger partial charge is 0.267 e. The minimum absolute atomic E-state index is 0.0211. The zero-order chi connectivity index (χ0) is 18.4. The van der Waals surface area contributed by atoms with E-state index in [2.05, 4.69) is 24.3 Å². The van der Waals surface area contributed by atoms with Gasteiger partial charge in [0, 0.05) is 4.90 Å². The van der Waals surface area contributed by atoms with E-state index in [1.165, 1.54) is 17.5 Å². The van der Waals surface area contributed by atoms with Gasteiger partial charge >= 0.3 is 0 Å². The summed E-state index contributed by atoms with van der Waals surface area (Å²) in [5.74, 6) is 0.507. The maximum atomic E-state index is 12.1. The SMILES string of the molecule is C=Cc1cc(SNC(=O)COc2ccc3ccccc3c2)ccc1CC. The summed E-state index contributed by atoms with van der Waals surface area (Å²) >= 11 is 1.29. The van der Waals surface area contributed by atoms with Crippen LogP contribution < -0.4 is 9.46 Å². The van der Waals surface area contributed by atoms with Gasteiger partial charge in [0.1, 0.15) is 5.75 Å². The van der Waals surface area contributed by atoms with Gasteiger partial charge in [-0.15, -0.1) is 0 Å². The maximum Gasteiger partial charge on any atom is 0.267 e. The number of ether oxygens (including phenoxy) is 1. The summed E-state index contributed by atoms with van der Waals surface area (Å²) in [6, 6.07) is 20.0. The van der Waals surface area contributed by atoms with Crippen LogP contribution >= 0.6 is 11.9 Å². The normalized spacial score (nSPS) is 10.5. The third-order valence-electron chi connectivity index (χ3n) is 4.09. The zero-order valence-corrected chi connectivity index (χ0v) is 15.5. The van der Waals surface area contributed by atoms with Crippen molar-refractivity contribution in [2.45, 2.75) is 18.2 Å². The molecule has 0 bridgehead atoms. The number of carbonyl (C=O) groups is 1. The molecule has 0 spiro atoms. The molecule has 0 heterocycles. The molecule has 3 rings (SSSR count). The summed E-state index contributed by atoms with van der Waals surface area (Å²) < 4.78 is 8.42. The molecular formula is C22H21NO2S. The Labute approximate surface area is 158 Å². The summed E-state index contributed by atoms with van der Waals surface area (Å²) in [4.78, 5) is 13.0. The first-order chi connectivity index (χ1) is 12.7. The highest BCUT2D eigenvalue weighted by Crippen LogP contribution is 2.22. The van der Waals surface area contributed by atoms with E-state index >= 15 is 0 Å². The van der Waals surface area contributed by atoms with Crippen molar-refractivity contribution in [1.82, 2.24) is 4.72 Å². The molecule has 1 N–H and O–H groups in total. The summed E-state index contributed by atoms with van der Waals surface area (Å²) in [6.45, 7) is 5.93. The van der Waals surface area contributed by atoms with Crippen molar-refractivity contribution in [3.63, 3.8) is 0 Å². The Hall–Kier alpha value is -2.72. The van der Waals surface area contributed by atoms with Crippen LogP contribution in [0.4, 0.5) is 0 Å². The zero-order valence-electron chi connectivity index (χ0n) is 14.7. The number of nitrogens with one attached hydrogen (secondary N) is 1. The predicted octanol–water partition coefficient (Wildman–Crippen LogP) is 5.25. The van der Waals surface area contributed by atoms with E-state index < -0.39 is 0 Å². The van der Waals surface area contributed by atoms with Crippen molar-refractivity contribution >= 4 is 34.7 Å². The molecule has 0 atom stereocenters. The average Bonchev–Trinajstić information content (AvgIpc) is 2.70. The van der Waals surface area contributed by atoms with Crippen LogP contribution in [0.3, 0.4) is 0 Å². The lowest BCUT2D eigenvalue weighted by atomic mass is 10.1. The lowest BCUT2D eigenvalue weighted by Gasteiger charge is -2.09. The van der Waals surface area contributed by atoms with Crippen LogP contribution in [0.2, 0.25) is 0 Å². The number of aryl methyl sites for hydroxylation is 1. The Morgan fingerprint density at radius 2 is 1.92 bits per heavy atom. The highest BCUT2D eigenvalue weighted by molar-refractivity contribution is 7.98. The molecule has 3 aromatic carbocycles. The van der Waals surface area contributed by atoms with Crippen LogP contribution in [-0.2, 0) is 11.2 Å². The van der Waals surface area contributed by atoms with Crippen molar-refractivity contribution < 1.29 is 9.53 Å². The first-order valence-electron chi connectivity index (χ1n) is 8.52. The van der Waals surface area contributed by atoms with Crippen LogP contribution in [-0.4, -0.2) is 12.5 Å². The van der Waals surface area contributed by atoms with E-state index in [1.807, 2.05) is 60.7 Å². The van der Waals surface area contributed by atoms with Gasteiger partial charge in [-0.3, -0.25) is 9.52 Å². The number of hydrogen-bond acceptors (Lipinski definition) is 3. The second-order valence-electron chi connectivity index (χ2n) is 5.84. The molecular weight excluding hydrogens is 342 g/mol. The first-order valence-corrected chi connectivity index (χ1v) is 9.34. The maximum absolute atomic E-state index is 12.1. The summed E-state index contributed by atoms with van der Waals surface area (Å²) in [5.41, 5.74) is 2.34. The molecule has 0 aliphatic heterocycles. The molecule has 0 saturated heterocycles. The standard InChI is InChI=1S/C22H21NO2S/c1-3-16-10-12-21(14-17(16)4-2)26-23-22(24)15-25-20-11-9-18-7-5-6-8-19(18)13-20/h4-14H,2-3,15H2,1H3,(H,23,24). The fraction of sp³-hybridized carbons (Fsp3) is 0.136. The number of benzene rings is 3. The van der Waals surface area contributed by atoms with Gasteiger partial charge in [-0.25, -0.2) is 0 Å². The van der Waals surface area contributed by atoms with Gasteiger partial charge < -0.3 is 4.74 Å². The lowest BCUT2D eigenvalue weighted by Crippen LogP contribution is -2.23. The Morgan fingerprint density at radius 3 is 2.69 bits per heavy atom. The second-order valence-corrected chi connectivity index (χ2v) is 6.72. The predicted molar refractivity (Wildman–Crippen MR) is 109 cm³/mol. The molecule has 0 fully saturated rings. The Kier molecular flexibility index (Phi) is 5.97. The molecule has 132 valence electrons. The van der Waals surface area contributed by atoms with E-state index in [4.69, 9.17) is 4.74 Å². The molecule has 4 heteroatoms. The average molecular weight is 363 g/mol. The fourth-order valence-electron chi connectivity index (χ4n) is 2.70. The Balaban J connectivity index is 1.54. The topological polar surface area (TPSA) is 38.3 Å². The summed E-state index contributed by atoms with van der Waals surface area (Å²) in [7, 11) is 0. The van der Waals surface area contributed by atoms with Gasteiger partial charge in [-0.1, -0.05) is 56.0 Å².